The van der Waals surface area contributed by atoms with Crippen LogP contribution in [0.2, 0.25) is 0 Å². The number of allylic oxidation sites excluding steroid dienone is 1. The van der Waals surface area contributed by atoms with Crippen LogP contribution in [0.4, 0.5) is 0 Å². The number of nitrogens with one attached hydrogen (secondary N) is 1. The Morgan fingerprint density at radius 3 is 2.54 bits per heavy atom. The lowest BCUT2D eigenvalue weighted by molar-refractivity contribution is -0.121. The van der Waals surface area contributed by atoms with Gasteiger partial charge in [-0.25, -0.2) is 8.42 Å². The summed E-state index contributed by atoms with van der Waals surface area (Å²) in [5.74, 6) is 0.448. The highest BCUT2D eigenvalue weighted by atomic mass is 32.2. The number of rotatable bonds is 9. The molecule has 0 spiro atoms. The Kier molecular flexibility index (Phi) is 7.66. The Morgan fingerprint density at radius 1 is 1.23 bits per heavy atom. The van der Waals surface area contributed by atoms with E-state index in [0.29, 0.717) is 19.5 Å². The third kappa shape index (κ3) is 6.80. The number of ether oxygens (including phenoxy) is 1. The molecule has 0 bridgehead atoms. The van der Waals surface area contributed by atoms with Crippen LogP contribution >= 0.6 is 0 Å². The highest BCUT2D eigenvalue weighted by molar-refractivity contribution is 7.88. The summed E-state index contributed by atoms with van der Waals surface area (Å²) < 4.78 is 30.3. The summed E-state index contributed by atoms with van der Waals surface area (Å²) in [6, 6.07) is 7.37. The normalized spacial score (nSPS) is 14.8. The smallest absolute Gasteiger partial charge is 0.235 e. The fourth-order valence-corrected chi connectivity index (χ4v) is 3.70. The first kappa shape index (κ1) is 20.5. The van der Waals surface area contributed by atoms with Gasteiger partial charge in [-0.1, -0.05) is 23.8 Å². The molecule has 26 heavy (non-hydrogen) atoms. The van der Waals surface area contributed by atoms with Crippen molar-refractivity contribution < 1.29 is 17.9 Å². The maximum atomic E-state index is 12.2. The molecule has 7 heteroatoms. The van der Waals surface area contributed by atoms with Crippen molar-refractivity contribution in [2.24, 2.45) is 0 Å². The number of amides is 1. The fourth-order valence-electron chi connectivity index (χ4n) is 2.92. The van der Waals surface area contributed by atoms with Crippen LogP contribution in [0.25, 0.3) is 0 Å². The van der Waals surface area contributed by atoms with Gasteiger partial charge in [0.2, 0.25) is 15.9 Å². The van der Waals surface area contributed by atoms with Crippen LogP contribution in [0.3, 0.4) is 0 Å². The van der Waals surface area contributed by atoms with Gasteiger partial charge in [0.05, 0.1) is 19.9 Å². The van der Waals surface area contributed by atoms with Gasteiger partial charge < -0.3 is 10.1 Å². The lowest BCUT2D eigenvalue weighted by Crippen LogP contribution is -2.40. The maximum absolute atomic E-state index is 12.2. The quantitative estimate of drug-likeness (QED) is 0.668. The number of benzene rings is 1. The molecule has 1 N–H and O–H groups in total. The molecule has 0 unspecified atom stereocenters. The number of hydrogen-bond acceptors (Lipinski definition) is 4. The zero-order valence-corrected chi connectivity index (χ0v) is 16.3. The van der Waals surface area contributed by atoms with Gasteiger partial charge >= 0.3 is 0 Å². The summed E-state index contributed by atoms with van der Waals surface area (Å²) in [4.78, 5) is 12.2. The van der Waals surface area contributed by atoms with Crippen molar-refractivity contribution in [3.63, 3.8) is 0 Å². The Balaban J connectivity index is 1.85. The van der Waals surface area contributed by atoms with E-state index in [1.807, 2.05) is 24.3 Å². The largest absolute Gasteiger partial charge is 0.497 e. The van der Waals surface area contributed by atoms with E-state index in [1.54, 1.807) is 7.11 Å². The van der Waals surface area contributed by atoms with Gasteiger partial charge in [0.25, 0.3) is 0 Å². The Bertz CT molecular complexity index is 726. The highest BCUT2D eigenvalue weighted by Crippen LogP contribution is 2.20. The van der Waals surface area contributed by atoms with Crippen molar-refractivity contribution >= 4 is 15.9 Å². The number of carbonyl (C=O) groups excluding carboxylic acids is 1. The molecule has 2 rings (SSSR count). The van der Waals surface area contributed by atoms with E-state index >= 15 is 0 Å². The summed E-state index contributed by atoms with van der Waals surface area (Å²) >= 11 is 0. The lowest BCUT2D eigenvalue weighted by atomic mass is 9.97. The molecule has 1 aliphatic carbocycles. The Labute approximate surface area is 156 Å². The van der Waals surface area contributed by atoms with Crippen molar-refractivity contribution in [3.8, 4) is 5.75 Å². The van der Waals surface area contributed by atoms with Crippen molar-refractivity contribution in [1.29, 1.82) is 0 Å². The second-order valence-electron chi connectivity index (χ2n) is 6.58. The summed E-state index contributed by atoms with van der Waals surface area (Å²) in [5.41, 5.74) is 2.22. The summed E-state index contributed by atoms with van der Waals surface area (Å²) in [5, 5.41) is 2.78. The van der Waals surface area contributed by atoms with Crippen molar-refractivity contribution in [3.05, 3.63) is 41.5 Å². The topological polar surface area (TPSA) is 75.7 Å². The minimum atomic E-state index is -3.42. The van der Waals surface area contributed by atoms with Gasteiger partial charge in [-0.05, 0) is 49.8 Å². The van der Waals surface area contributed by atoms with Crippen molar-refractivity contribution in [2.75, 3.05) is 26.5 Å². The predicted molar refractivity (Wildman–Crippen MR) is 102 cm³/mol. The minimum Gasteiger partial charge on any atom is -0.497 e. The van der Waals surface area contributed by atoms with E-state index in [9.17, 15) is 13.2 Å². The molecular formula is C19H28N2O4S. The molecule has 6 nitrogen and oxygen atoms in total. The van der Waals surface area contributed by atoms with Crippen molar-refractivity contribution in [1.82, 2.24) is 9.62 Å². The predicted octanol–water partition coefficient (Wildman–Crippen LogP) is 2.46. The summed E-state index contributed by atoms with van der Waals surface area (Å²) in [6.45, 7) is 0.550. The highest BCUT2D eigenvalue weighted by Gasteiger charge is 2.20. The number of carbonyl (C=O) groups is 1. The van der Waals surface area contributed by atoms with Crippen LogP contribution in [-0.4, -0.2) is 45.1 Å². The van der Waals surface area contributed by atoms with Crippen LogP contribution < -0.4 is 10.1 Å². The van der Waals surface area contributed by atoms with E-state index in [1.165, 1.54) is 16.3 Å². The first-order chi connectivity index (χ1) is 12.4. The van der Waals surface area contributed by atoms with Crippen LogP contribution in [0.1, 0.15) is 37.7 Å². The molecule has 1 aromatic carbocycles. The van der Waals surface area contributed by atoms with Gasteiger partial charge in [-0.2, -0.15) is 4.31 Å². The van der Waals surface area contributed by atoms with Gasteiger partial charge in [0, 0.05) is 13.1 Å². The Hall–Kier alpha value is -1.86. The van der Waals surface area contributed by atoms with E-state index < -0.39 is 10.0 Å². The zero-order chi connectivity index (χ0) is 19.0. The molecular weight excluding hydrogens is 352 g/mol. The molecule has 1 aromatic rings. The van der Waals surface area contributed by atoms with Crippen LogP contribution in [0.5, 0.6) is 5.75 Å². The summed E-state index contributed by atoms with van der Waals surface area (Å²) in [6.07, 6.45) is 8.50. The van der Waals surface area contributed by atoms with E-state index in [2.05, 4.69) is 11.4 Å². The zero-order valence-electron chi connectivity index (χ0n) is 15.5. The molecule has 1 aliphatic rings. The second kappa shape index (κ2) is 9.73. The van der Waals surface area contributed by atoms with Gasteiger partial charge in [0.1, 0.15) is 5.75 Å². The molecule has 0 saturated carbocycles. The van der Waals surface area contributed by atoms with E-state index in [-0.39, 0.29) is 12.5 Å². The molecule has 0 saturated heterocycles. The van der Waals surface area contributed by atoms with E-state index in [4.69, 9.17) is 4.74 Å². The molecule has 0 aliphatic heterocycles. The molecule has 1 amide bonds. The maximum Gasteiger partial charge on any atom is 0.235 e. The number of nitrogens with zero attached hydrogens (tertiary/aromatic N) is 1. The number of hydrogen-bond donors (Lipinski definition) is 1. The van der Waals surface area contributed by atoms with Gasteiger partial charge in [0.15, 0.2) is 0 Å². The van der Waals surface area contributed by atoms with Gasteiger partial charge in [-0.15, -0.1) is 0 Å². The molecule has 0 aromatic heterocycles. The SMILES string of the molecule is COc1ccc(CNC(=O)CN(CCC2=CCCCC2)S(C)(=O)=O)cc1. The van der Waals surface area contributed by atoms with Crippen LogP contribution in [0.15, 0.2) is 35.9 Å². The molecule has 0 radical (unpaired) electrons. The first-order valence-corrected chi connectivity index (χ1v) is 10.8. The third-order valence-corrected chi connectivity index (χ3v) is 5.75. The first-order valence-electron chi connectivity index (χ1n) is 8.91. The van der Waals surface area contributed by atoms with Crippen LogP contribution in [0, 0.1) is 0 Å². The van der Waals surface area contributed by atoms with Crippen molar-refractivity contribution in [2.45, 2.75) is 38.6 Å². The monoisotopic (exact) mass is 380 g/mol. The minimum absolute atomic E-state index is 0.151. The fraction of sp³-hybridized carbons (Fsp3) is 0.526. The van der Waals surface area contributed by atoms with Crippen LogP contribution in [-0.2, 0) is 21.4 Å². The average molecular weight is 381 g/mol. The third-order valence-electron chi connectivity index (χ3n) is 4.51. The number of sulfonamides is 1. The average Bonchev–Trinajstić information content (AvgIpc) is 2.63. The van der Waals surface area contributed by atoms with Gasteiger partial charge in [-0.3, -0.25) is 4.79 Å². The van der Waals surface area contributed by atoms with E-state index in [0.717, 1.165) is 36.8 Å². The molecule has 0 fully saturated rings. The molecule has 0 atom stereocenters. The summed E-state index contributed by atoms with van der Waals surface area (Å²) in [7, 11) is -1.83. The lowest BCUT2D eigenvalue weighted by Gasteiger charge is -2.21. The Morgan fingerprint density at radius 2 is 1.96 bits per heavy atom. The standard InChI is InChI=1S/C19H28N2O4S/c1-25-18-10-8-17(9-11-18)14-20-19(22)15-21(26(2,23)24)13-12-16-6-4-3-5-7-16/h6,8-11H,3-5,7,12-15H2,1-2H3,(H,20,22). The molecule has 0 heterocycles. The second-order valence-corrected chi connectivity index (χ2v) is 8.56. The molecule has 144 valence electrons. The number of methoxy groups -OCH3 is 1.